The van der Waals surface area contributed by atoms with E-state index in [0.29, 0.717) is 26.1 Å². The minimum atomic E-state index is -0.364. The number of nitrogens with zero attached hydrogens (tertiary/aromatic N) is 1. The van der Waals surface area contributed by atoms with Gasteiger partial charge in [0.15, 0.2) is 0 Å². The Hall–Kier alpha value is -2.89. The molecule has 2 aromatic carbocycles. The maximum Gasteiger partial charge on any atom is 0.227 e. The van der Waals surface area contributed by atoms with E-state index in [1.807, 2.05) is 31.2 Å². The highest BCUT2D eigenvalue weighted by Gasteiger charge is 2.34. The normalized spacial score (nSPS) is 16.4. The fourth-order valence-electron chi connectivity index (χ4n) is 3.15. The van der Waals surface area contributed by atoms with E-state index in [1.165, 1.54) is 12.1 Å². The van der Waals surface area contributed by atoms with Gasteiger partial charge in [-0.05, 0) is 55.3 Å². The number of benzene rings is 2. The summed E-state index contributed by atoms with van der Waals surface area (Å²) in [6.45, 7) is 3.33. The van der Waals surface area contributed by atoms with Gasteiger partial charge in [-0.1, -0.05) is 12.1 Å². The van der Waals surface area contributed by atoms with Crippen LogP contribution in [0.15, 0.2) is 48.5 Å². The van der Waals surface area contributed by atoms with Crippen LogP contribution in [0.4, 0.5) is 10.1 Å². The molecule has 0 saturated carbocycles. The van der Waals surface area contributed by atoms with E-state index in [-0.39, 0.29) is 30.0 Å². The predicted molar refractivity (Wildman–Crippen MR) is 101 cm³/mol. The zero-order chi connectivity index (χ0) is 19.2. The quantitative estimate of drug-likeness (QED) is 0.815. The molecule has 1 aliphatic rings. The Morgan fingerprint density at radius 2 is 1.89 bits per heavy atom. The van der Waals surface area contributed by atoms with Crippen molar-refractivity contribution in [3.63, 3.8) is 0 Å². The number of ether oxygens (including phenoxy) is 1. The number of carbonyl (C=O) groups is 2. The fourth-order valence-corrected chi connectivity index (χ4v) is 3.15. The van der Waals surface area contributed by atoms with Crippen LogP contribution in [-0.2, 0) is 16.0 Å². The van der Waals surface area contributed by atoms with Crippen LogP contribution >= 0.6 is 0 Å². The average molecular weight is 370 g/mol. The number of anilines is 1. The van der Waals surface area contributed by atoms with Gasteiger partial charge in [0.1, 0.15) is 11.6 Å². The second-order valence-electron chi connectivity index (χ2n) is 6.50. The highest BCUT2D eigenvalue weighted by Crippen LogP contribution is 2.27. The van der Waals surface area contributed by atoms with Crippen LogP contribution < -0.4 is 15.0 Å². The van der Waals surface area contributed by atoms with Crippen LogP contribution in [0.5, 0.6) is 5.75 Å². The van der Waals surface area contributed by atoms with Gasteiger partial charge in [-0.25, -0.2) is 4.39 Å². The summed E-state index contributed by atoms with van der Waals surface area (Å²) < 4.78 is 18.3. The Balaban J connectivity index is 1.51. The molecular weight excluding hydrogens is 347 g/mol. The van der Waals surface area contributed by atoms with E-state index in [1.54, 1.807) is 17.0 Å². The fraction of sp³-hybridized carbons (Fsp3) is 0.333. The summed E-state index contributed by atoms with van der Waals surface area (Å²) >= 11 is 0. The number of amides is 2. The topological polar surface area (TPSA) is 58.6 Å². The van der Waals surface area contributed by atoms with Crippen LogP contribution in [0.2, 0.25) is 0 Å². The zero-order valence-corrected chi connectivity index (χ0v) is 15.3. The number of rotatable bonds is 7. The molecule has 0 aromatic heterocycles. The molecule has 6 heteroatoms. The van der Waals surface area contributed by atoms with Gasteiger partial charge in [-0.15, -0.1) is 0 Å². The summed E-state index contributed by atoms with van der Waals surface area (Å²) in [5.74, 6) is -0.0707. The first-order chi connectivity index (χ1) is 13.1. The lowest BCUT2D eigenvalue weighted by atomic mass is 10.1. The average Bonchev–Trinajstić information content (AvgIpc) is 3.06. The van der Waals surface area contributed by atoms with Crippen molar-refractivity contribution in [2.45, 2.75) is 19.8 Å². The molecule has 3 rings (SSSR count). The second-order valence-corrected chi connectivity index (χ2v) is 6.50. The summed E-state index contributed by atoms with van der Waals surface area (Å²) in [6, 6.07) is 13.5. The van der Waals surface area contributed by atoms with Crippen molar-refractivity contribution < 1.29 is 18.7 Å². The first-order valence-corrected chi connectivity index (χ1v) is 9.12. The van der Waals surface area contributed by atoms with Crippen molar-refractivity contribution in [2.24, 2.45) is 5.92 Å². The lowest BCUT2D eigenvalue weighted by Crippen LogP contribution is -2.34. The maximum atomic E-state index is 12.9. The Morgan fingerprint density at radius 3 is 2.56 bits per heavy atom. The largest absolute Gasteiger partial charge is 0.494 e. The Morgan fingerprint density at radius 1 is 1.19 bits per heavy atom. The van der Waals surface area contributed by atoms with Crippen molar-refractivity contribution in [3.05, 3.63) is 59.9 Å². The molecular formula is C21H23FN2O3. The summed E-state index contributed by atoms with van der Waals surface area (Å²) in [7, 11) is 0. The van der Waals surface area contributed by atoms with Crippen LogP contribution in [-0.4, -0.2) is 31.5 Å². The number of hydrogen-bond acceptors (Lipinski definition) is 3. The van der Waals surface area contributed by atoms with Gasteiger partial charge in [0, 0.05) is 25.2 Å². The van der Waals surface area contributed by atoms with Gasteiger partial charge < -0.3 is 15.0 Å². The molecule has 2 amide bonds. The van der Waals surface area contributed by atoms with Crippen molar-refractivity contribution in [3.8, 4) is 5.75 Å². The monoisotopic (exact) mass is 370 g/mol. The van der Waals surface area contributed by atoms with Crippen LogP contribution in [0.25, 0.3) is 0 Å². The number of carbonyl (C=O) groups excluding carboxylic acids is 2. The molecule has 5 nitrogen and oxygen atoms in total. The summed E-state index contributed by atoms with van der Waals surface area (Å²) in [4.78, 5) is 26.3. The second kappa shape index (κ2) is 8.66. The smallest absolute Gasteiger partial charge is 0.227 e. The number of halogens is 1. The third-order valence-corrected chi connectivity index (χ3v) is 4.58. The Kier molecular flexibility index (Phi) is 6.06. The van der Waals surface area contributed by atoms with Crippen molar-refractivity contribution in [1.82, 2.24) is 5.32 Å². The molecule has 1 saturated heterocycles. The van der Waals surface area contributed by atoms with Gasteiger partial charge in [0.25, 0.3) is 0 Å². The molecule has 1 N–H and O–H groups in total. The molecule has 1 atom stereocenters. The molecule has 0 bridgehead atoms. The van der Waals surface area contributed by atoms with Gasteiger partial charge in [0.05, 0.1) is 12.5 Å². The number of hydrogen-bond donors (Lipinski definition) is 1. The Labute approximate surface area is 158 Å². The molecule has 0 spiro atoms. The molecule has 0 aliphatic carbocycles. The van der Waals surface area contributed by atoms with Crippen molar-refractivity contribution in [2.75, 3.05) is 24.6 Å². The minimum Gasteiger partial charge on any atom is -0.494 e. The molecule has 1 fully saturated rings. The molecule has 2 aromatic rings. The highest BCUT2D eigenvalue weighted by molar-refractivity contribution is 6.00. The molecule has 1 aliphatic heterocycles. The highest BCUT2D eigenvalue weighted by atomic mass is 19.1. The maximum absolute atomic E-state index is 12.9. The molecule has 142 valence electrons. The van der Waals surface area contributed by atoms with E-state index in [9.17, 15) is 14.0 Å². The predicted octanol–water partition coefficient (Wildman–Crippen LogP) is 2.94. The molecule has 1 heterocycles. The van der Waals surface area contributed by atoms with E-state index < -0.39 is 0 Å². The van der Waals surface area contributed by atoms with Gasteiger partial charge in [-0.3, -0.25) is 9.59 Å². The van der Waals surface area contributed by atoms with Crippen molar-refractivity contribution in [1.29, 1.82) is 0 Å². The molecule has 0 unspecified atom stereocenters. The van der Waals surface area contributed by atoms with E-state index in [0.717, 1.165) is 17.0 Å². The van der Waals surface area contributed by atoms with Crippen LogP contribution in [0, 0.1) is 11.7 Å². The summed E-state index contributed by atoms with van der Waals surface area (Å²) in [5, 5.41) is 2.87. The lowest BCUT2D eigenvalue weighted by Gasteiger charge is -2.17. The molecule has 27 heavy (non-hydrogen) atoms. The first kappa shape index (κ1) is 18.9. The minimum absolute atomic E-state index is 0.0576. The standard InChI is InChI=1S/C21H23FN2O3/c1-2-27-19-9-7-18(8-10-19)24-14-16(13-20(24)25)21(26)23-12-11-15-3-5-17(22)6-4-15/h3-10,16H,2,11-14H2,1H3,(H,23,26)/t16-/m1/s1. The Bertz CT molecular complexity index is 790. The van der Waals surface area contributed by atoms with Crippen LogP contribution in [0.1, 0.15) is 18.9 Å². The summed E-state index contributed by atoms with van der Waals surface area (Å²) in [5.41, 5.74) is 1.72. The summed E-state index contributed by atoms with van der Waals surface area (Å²) in [6.07, 6.45) is 0.824. The lowest BCUT2D eigenvalue weighted by molar-refractivity contribution is -0.126. The van der Waals surface area contributed by atoms with Crippen LogP contribution in [0.3, 0.4) is 0 Å². The van der Waals surface area contributed by atoms with E-state index in [2.05, 4.69) is 5.32 Å². The zero-order valence-electron chi connectivity index (χ0n) is 15.3. The first-order valence-electron chi connectivity index (χ1n) is 9.12. The van der Waals surface area contributed by atoms with E-state index >= 15 is 0 Å². The van der Waals surface area contributed by atoms with E-state index in [4.69, 9.17) is 4.74 Å². The van der Waals surface area contributed by atoms with Gasteiger partial charge >= 0.3 is 0 Å². The number of nitrogens with one attached hydrogen (secondary N) is 1. The molecule has 0 radical (unpaired) electrons. The van der Waals surface area contributed by atoms with Gasteiger partial charge in [-0.2, -0.15) is 0 Å². The van der Waals surface area contributed by atoms with Gasteiger partial charge in [0.2, 0.25) is 11.8 Å². The van der Waals surface area contributed by atoms with Crippen molar-refractivity contribution >= 4 is 17.5 Å². The third-order valence-electron chi connectivity index (χ3n) is 4.58. The third kappa shape index (κ3) is 4.84. The SMILES string of the molecule is CCOc1ccc(N2C[C@H](C(=O)NCCc3ccc(F)cc3)CC2=O)cc1.